The Hall–Kier alpha value is -2.50. The molecule has 70 heavy (non-hydrogen) atoms. The molecule has 0 aliphatic carbocycles. The number of aryl methyl sites for hydroxylation is 4. The van der Waals surface area contributed by atoms with Crippen LogP contribution in [0.3, 0.4) is 0 Å². The van der Waals surface area contributed by atoms with Gasteiger partial charge in [-0.2, -0.15) is 14.7 Å². The van der Waals surface area contributed by atoms with Gasteiger partial charge in [0.15, 0.2) is 0 Å². The van der Waals surface area contributed by atoms with Crippen LogP contribution < -0.4 is 0 Å². The Bertz CT molecular complexity index is 2320. The largest absolute Gasteiger partial charge is 0.416 e. The maximum Gasteiger partial charge on any atom is 0.416 e. The molecule has 0 radical (unpaired) electrons. The first-order chi connectivity index (χ1) is 30.9. The van der Waals surface area contributed by atoms with Crippen LogP contribution in [0.1, 0.15) is 267 Å². The molecular formula is C62H99O6P2+. The maximum atomic E-state index is 11.1. The highest BCUT2D eigenvalue weighted by molar-refractivity contribution is 7.59. The second kappa shape index (κ2) is 20.7. The molecule has 0 aliphatic heterocycles. The highest BCUT2D eigenvalue weighted by atomic mass is 31.2. The zero-order chi connectivity index (χ0) is 54.8. The van der Waals surface area contributed by atoms with E-state index in [9.17, 15) is 24.5 Å². The fourth-order valence-electron chi connectivity index (χ4n) is 9.66. The zero-order valence-corrected chi connectivity index (χ0v) is 51.1. The van der Waals surface area contributed by atoms with Crippen LogP contribution in [-0.4, -0.2) is 24.5 Å². The van der Waals surface area contributed by atoms with Gasteiger partial charge in [0.05, 0.1) is 0 Å². The van der Waals surface area contributed by atoms with Crippen LogP contribution in [0, 0.1) is 27.7 Å². The molecule has 6 nitrogen and oxygen atoms in total. The van der Waals surface area contributed by atoms with Crippen LogP contribution in [0.5, 0.6) is 0 Å². The quantitative estimate of drug-likeness (QED) is 0.118. The minimum atomic E-state index is -4.33. The van der Waals surface area contributed by atoms with E-state index in [1.807, 2.05) is 13.8 Å². The predicted molar refractivity (Wildman–Crippen MR) is 304 cm³/mol. The Morgan fingerprint density at radius 1 is 0.343 bits per heavy atom. The highest BCUT2D eigenvalue weighted by Gasteiger charge is 2.50. The summed E-state index contributed by atoms with van der Waals surface area (Å²) in [4.78, 5) is 53.6. The average Bonchev–Trinajstić information content (AvgIpc) is 3.11. The molecule has 4 aromatic rings. The van der Waals surface area contributed by atoms with Crippen molar-refractivity contribution in [3.63, 3.8) is 0 Å². The van der Waals surface area contributed by atoms with E-state index in [1.165, 1.54) is 33.4 Å². The van der Waals surface area contributed by atoms with Crippen LogP contribution >= 0.6 is 16.5 Å². The summed E-state index contributed by atoms with van der Waals surface area (Å²) >= 11 is 0. The van der Waals surface area contributed by atoms with Crippen LogP contribution in [0.2, 0.25) is 0 Å². The van der Waals surface area contributed by atoms with Crippen molar-refractivity contribution in [2.24, 2.45) is 0 Å². The van der Waals surface area contributed by atoms with E-state index in [2.05, 4.69) is 229 Å². The maximum absolute atomic E-state index is 11.1. The molecule has 0 aromatic heterocycles. The average molecular weight is 1000 g/mol. The Balaban J connectivity index is 0.000000370. The lowest BCUT2D eigenvalue weighted by Gasteiger charge is -2.36. The van der Waals surface area contributed by atoms with Gasteiger partial charge in [0, 0.05) is 11.1 Å². The van der Waals surface area contributed by atoms with E-state index < -0.39 is 28.3 Å². The molecule has 392 valence electrons. The predicted octanol–water partition coefficient (Wildman–Crippen LogP) is 17.1. The number of hydrogen-bond donors (Lipinski definition) is 5. The molecule has 0 saturated carbocycles. The van der Waals surface area contributed by atoms with Gasteiger partial charge >= 0.3 is 16.5 Å². The van der Waals surface area contributed by atoms with Gasteiger partial charge in [-0.15, -0.1) is 0 Å². The molecule has 4 aromatic carbocycles. The van der Waals surface area contributed by atoms with Gasteiger partial charge in [0.2, 0.25) is 5.66 Å². The highest BCUT2D eigenvalue weighted by Crippen LogP contribution is 2.66. The van der Waals surface area contributed by atoms with E-state index in [1.54, 1.807) is 0 Å². The summed E-state index contributed by atoms with van der Waals surface area (Å²) in [6, 6.07) is 17.8. The third-order valence-corrected chi connectivity index (χ3v) is 15.5. The van der Waals surface area contributed by atoms with Gasteiger partial charge in [0.25, 0.3) is 0 Å². The van der Waals surface area contributed by atoms with Crippen molar-refractivity contribution in [3.8, 4) is 0 Å². The first-order valence-corrected chi connectivity index (χ1v) is 28.3. The van der Waals surface area contributed by atoms with Gasteiger partial charge < -0.3 is 9.79 Å². The van der Waals surface area contributed by atoms with Crippen LogP contribution in [-0.2, 0) is 47.8 Å². The van der Waals surface area contributed by atoms with Gasteiger partial charge in [-0.05, 0) is 149 Å². The van der Waals surface area contributed by atoms with Gasteiger partial charge in [-0.3, -0.25) is 4.52 Å². The molecule has 0 aliphatic rings. The van der Waals surface area contributed by atoms with Crippen molar-refractivity contribution in [3.05, 3.63) is 138 Å². The Labute approximate surface area is 430 Å². The molecule has 0 atom stereocenters. The molecule has 0 amide bonds. The van der Waals surface area contributed by atoms with Gasteiger partial charge in [-0.25, -0.2) is 0 Å². The van der Waals surface area contributed by atoms with Crippen molar-refractivity contribution in [1.82, 2.24) is 0 Å². The summed E-state index contributed by atoms with van der Waals surface area (Å²) in [6.45, 7) is 61.1. The summed E-state index contributed by atoms with van der Waals surface area (Å²) in [6.07, 6.45) is -0.581. The Morgan fingerprint density at radius 2 is 0.543 bits per heavy atom. The molecule has 0 spiro atoms. The Kier molecular flexibility index (Phi) is 18.2. The molecule has 0 unspecified atom stereocenters. The third-order valence-electron chi connectivity index (χ3n) is 13.9. The second-order valence-electron chi connectivity index (χ2n) is 28.8. The van der Waals surface area contributed by atoms with E-state index in [0.717, 1.165) is 55.6 Å². The van der Waals surface area contributed by atoms with Crippen molar-refractivity contribution in [2.45, 2.75) is 249 Å². The van der Waals surface area contributed by atoms with Gasteiger partial charge in [-0.1, -0.05) is 215 Å². The van der Waals surface area contributed by atoms with E-state index in [0.29, 0.717) is 0 Å². The fourth-order valence-corrected chi connectivity index (χ4v) is 11.4. The molecule has 0 heterocycles. The summed E-state index contributed by atoms with van der Waals surface area (Å²) < 4.78 is 6.08. The first-order valence-electron chi connectivity index (χ1n) is 25.4. The number of benzene rings is 4. The standard InChI is InChI=1S/C31H50O3P.C31H49O3P/c1-19-15-21(28(3,4)5)17-23(30(9,10)11)25(19)27(35(32,33)34)26-20(2)16-22(29(6,7)8)18-24(26)31(12,13)14;1-19-15-21(28(3,4)5)17-23(30(9,10)11)25(19)27(34-35(32)33)26-20(2)16-22(29(6,7)8)18-24(26)31(12,13)14/h15-18,27,32-34H,1-14H3;15-18,27,32-33H,1-14H3/q+1;. The molecule has 8 heteroatoms. The lowest BCUT2D eigenvalue weighted by atomic mass is 9.72. The molecular weight excluding hydrogens is 903 g/mol. The second-order valence-corrected chi connectivity index (χ2v) is 31.2. The van der Waals surface area contributed by atoms with Crippen LogP contribution in [0.15, 0.2) is 48.5 Å². The van der Waals surface area contributed by atoms with E-state index in [4.69, 9.17) is 4.52 Å². The molecule has 5 N–H and O–H groups in total. The first kappa shape index (κ1) is 61.8. The van der Waals surface area contributed by atoms with E-state index >= 15 is 0 Å². The normalized spacial score (nSPS) is 13.9. The molecule has 0 bridgehead atoms. The fraction of sp³-hybridized carbons (Fsp3) is 0.613. The molecule has 0 saturated heterocycles. The number of rotatable bonds is 7. The molecule has 4 rings (SSSR count). The minimum Gasteiger partial charge on any atom is -0.328 e. The van der Waals surface area contributed by atoms with Gasteiger partial charge in [0.1, 0.15) is 6.10 Å². The zero-order valence-electron chi connectivity index (χ0n) is 49.3. The molecule has 0 fully saturated rings. The van der Waals surface area contributed by atoms with Crippen molar-refractivity contribution >= 4 is 16.5 Å². The van der Waals surface area contributed by atoms with Crippen molar-refractivity contribution in [2.75, 3.05) is 0 Å². The topological polar surface area (TPSA) is 110 Å². The van der Waals surface area contributed by atoms with Crippen molar-refractivity contribution in [1.29, 1.82) is 0 Å². The van der Waals surface area contributed by atoms with Crippen LogP contribution in [0.25, 0.3) is 0 Å². The third kappa shape index (κ3) is 14.8. The summed E-state index contributed by atoms with van der Waals surface area (Å²) in [5.41, 5.74) is 15.5. The Morgan fingerprint density at radius 3 is 0.714 bits per heavy atom. The lowest BCUT2D eigenvalue weighted by molar-refractivity contribution is 0.199. The summed E-state index contributed by atoms with van der Waals surface area (Å²) in [7, 11) is -6.90. The van der Waals surface area contributed by atoms with Crippen LogP contribution in [0.4, 0.5) is 0 Å². The smallest absolute Gasteiger partial charge is 0.328 e. The van der Waals surface area contributed by atoms with E-state index in [-0.39, 0.29) is 43.3 Å². The monoisotopic (exact) mass is 1000 g/mol. The van der Waals surface area contributed by atoms with Crippen molar-refractivity contribution < 1.29 is 29.0 Å². The number of hydrogen-bond acceptors (Lipinski definition) is 6. The summed E-state index contributed by atoms with van der Waals surface area (Å²) in [5, 5.41) is 0. The SMILES string of the molecule is Cc1cc(C(C)(C)C)cc(C(C)(C)C)c1C(OP(O)O)c1c(C)cc(C(C)(C)C)cc1C(C)(C)C.Cc1cc(C(C)(C)C)cc(C(C)(C)C)c1C(c1c(C)cc(C(C)(C)C)cc1C(C)(C)C)[P+](O)(O)O. The summed E-state index contributed by atoms with van der Waals surface area (Å²) in [5.74, 6) is 0. The minimum absolute atomic E-state index is 0.00105. The lowest BCUT2D eigenvalue weighted by Crippen LogP contribution is -2.26.